The van der Waals surface area contributed by atoms with E-state index in [1.807, 2.05) is 24.5 Å². The average Bonchev–Trinajstić information content (AvgIpc) is 2.96. The van der Waals surface area contributed by atoms with E-state index >= 15 is 0 Å². The summed E-state index contributed by atoms with van der Waals surface area (Å²) in [7, 11) is 4.12. The first-order valence-corrected chi connectivity index (χ1v) is 5.79. The summed E-state index contributed by atoms with van der Waals surface area (Å²) in [5.41, 5.74) is 1.27. The number of furan rings is 1. The van der Waals surface area contributed by atoms with Gasteiger partial charge in [-0.25, -0.2) is 0 Å². The maximum Gasteiger partial charge on any atom is 0.122 e. The fourth-order valence-electron chi connectivity index (χ4n) is 1.84. The number of nitrogens with zero attached hydrogens (tertiary/aromatic N) is 1. The Morgan fingerprint density at radius 3 is 2.88 bits per heavy atom. The van der Waals surface area contributed by atoms with Crippen molar-refractivity contribution in [1.29, 1.82) is 0 Å². The molecule has 4 heteroatoms. The van der Waals surface area contributed by atoms with Gasteiger partial charge in [0.25, 0.3) is 0 Å². The van der Waals surface area contributed by atoms with Crippen LogP contribution in [-0.2, 0) is 6.54 Å². The second-order valence-electron chi connectivity index (χ2n) is 4.34. The highest BCUT2D eigenvalue weighted by molar-refractivity contribution is 5.08. The Labute approximate surface area is 102 Å². The van der Waals surface area contributed by atoms with E-state index in [0.717, 1.165) is 18.8 Å². The zero-order valence-corrected chi connectivity index (χ0v) is 10.3. The first kappa shape index (κ1) is 12.0. The van der Waals surface area contributed by atoms with Gasteiger partial charge in [0.2, 0.25) is 0 Å². The summed E-state index contributed by atoms with van der Waals surface area (Å²) in [5, 5.41) is 3.44. The third-order valence-electron chi connectivity index (χ3n) is 2.82. The topological polar surface area (TPSA) is 44.2 Å². The largest absolute Gasteiger partial charge is 0.468 e. The highest BCUT2D eigenvalue weighted by Gasteiger charge is 2.15. The van der Waals surface area contributed by atoms with E-state index in [9.17, 15) is 0 Å². The van der Waals surface area contributed by atoms with Crippen molar-refractivity contribution >= 4 is 0 Å². The van der Waals surface area contributed by atoms with E-state index in [0.29, 0.717) is 0 Å². The molecule has 0 aromatic carbocycles. The number of aromatic amines is 1. The summed E-state index contributed by atoms with van der Waals surface area (Å²) in [4.78, 5) is 5.20. The minimum absolute atomic E-state index is 0.268. The SMILES string of the molecule is CN(C)C(CNCc1cc[nH]c1)c1ccco1. The van der Waals surface area contributed by atoms with Gasteiger partial charge in [-0.2, -0.15) is 0 Å². The molecule has 0 saturated carbocycles. The van der Waals surface area contributed by atoms with E-state index in [2.05, 4.69) is 35.4 Å². The molecule has 0 aliphatic rings. The van der Waals surface area contributed by atoms with Crippen molar-refractivity contribution in [2.45, 2.75) is 12.6 Å². The number of rotatable bonds is 6. The molecular formula is C13H19N3O. The molecule has 4 nitrogen and oxygen atoms in total. The van der Waals surface area contributed by atoms with E-state index in [1.54, 1.807) is 6.26 Å². The first-order valence-electron chi connectivity index (χ1n) is 5.79. The molecule has 0 bridgehead atoms. The van der Waals surface area contributed by atoms with Crippen LogP contribution in [0.15, 0.2) is 41.3 Å². The molecule has 0 aliphatic heterocycles. The van der Waals surface area contributed by atoms with Crippen molar-refractivity contribution in [3.63, 3.8) is 0 Å². The third kappa shape index (κ3) is 3.22. The van der Waals surface area contributed by atoms with Crippen LogP contribution in [0.3, 0.4) is 0 Å². The molecular weight excluding hydrogens is 214 g/mol. The molecule has 2 aromatic heterocycles. The Hall–Kier alpha value is -1.52. The van der Waals surface area contributed by atoms with Crippen LogP contribution in [0.25, 0.3) is 0 Å². The molecule has 0 radical (unpaired) electrons. The molecule has 2 rings (SSSR count). The molecule has 0 amide bonds. The highest BCUT2D eigenvalue weighted by Crippen LogP contribution is 2.17. The van der Waals surface area contributed by atoms with Gasteiger partial charge >= 0.3 is 0 Å². The molecule has 0 fully saturated rings. The number of H-pyrrole nitrogens is 1. The summed E-state index contributed by atoms with van der Waals surface area (Å²) in [5.74, 6) is 0.997. The Morgan fingerprint density at radius 1 is 1.41 bits per heavy atom. The Morgan fingerprint density at radius 2 is 2.29 bits per heavy atom. The molecule has 2 heterocycles. The van der Waals surface area contributed by atoms with Crippen molar-refractivity contribution in [2.24, 2.45) is 0 Å². The van der Waals surface area contributed by atoms with E-state index in [4.69, 9.17) is 4.42 Å². The number of aromatic nitrogens is 1. The molecule has 1 atom stereocenters. The summed E-state index contributed by atoms with van der Waals surface area (Å²) in [6.07, 6.45) is 5.66. The zero-order valence-electron chi connectivity index (χ0n) is 10.3. The smallest absolute Gasteiger partial charge is 0.122 e. The van der Waals surface area contributed by atoms with Gasteiger partial charge in [0.15, 0.2) is 0 Å². The number of hydrogen-bond donors (Lipinski definition) is 2. The standard InChI is InChI=1S/C13H19N3O/c1-16(2)12(13-4-3-7-17-13)10-15-9-11-5-6-14-8-11/h3-8,12,14-15H,9-10H2,1-2H3. The van der Waals surface area contributed by atoms with Crippen molar-refractivity contribution in [3.05, 3.63) is 48.2 Å². The van der Waals surface area contributed by atoms with Gasteiger partial charge < -0.3 is 14.7 Å². The molecule has 17 heavy (non-hydrogen) atoms. The second kappa shape index (κ2) is 5.70. The fourth-order valence-corrected chi connectivity index (χ4v) is 1.84. The summed E-state index contributed by atoms with van der Waals surface area (Å²) < 4.78 is 5.46. The van der Waals surface area contributed by atoms with Gasteiger partial charge in [0.05, 0.1) is 12.3 Å². The minimum Gasteiger partial charge on any atom is -0.468 e. The normalized spacial score (nSPS) is 13.1. The summed E-state index contributed by atoms with van der Waals surface area (Å²) in [6.45, 7) is 1.74. The predicted molar refractivity (Wildman–Crippen MR) is 67.6 cm³/mol. The van der Waals surface area contributed by atoms with Crippen molar-refractivity contribution in [1.82, 2.24) is 15.2 Å². The zero-order chi connectivity index (χ0) is 12.1. The molecule has 92 valence electrons. The molecule has 2 aromatic rings. The lowest BCUT2D eigenvalue weighted by atomic mass is 10.2. The van der Waals surface area contributed by atoms with E-state index in [-0.39, 0.29) is 6.04 Å². The van der Waals surface area contributed by atoms with Crippen LogP contribution in [0.5, 0.6) is 0 Å². The fraction of sp³-hybridized carbons (Fsp3) is 0.385. The van der Waals surface area contributed by atoms with E-state index < -0.39 is 0 Å². The van der Waals surface area contributed by atoms with Crippen molar-refractivity contribution < 1.29 is 4.42 Å². The van der Waals surface area contributed by atoms with Crippen LogP contribution in [0.1, 0.15) is 17.4 Å². The average molecular weight is 233 g/mol. The maximum absolute atomic E-state index is 5.46. The third-order valence-corrected chi connectivity index (χ3v) is 2.82. The first-order chi connectivity index (χ1) is 8.27. The van der Waals surface area contributed by atoms with E-state index in [1.165, 1.54) is 5.56 Å². The van der Waals surface area contributed by atoms with Gasteiger partial charge in [-0.1, -0.05) is 0 Å². The van der Waals surface area contributed by atoms with Crippen molar-refractivity contribution in [3.8, 4) is 0 Å². The second-order valence-corrected chi connectivity index (χ2v) is 4.34. The lowest BCUT2D eigenvalue weighted by Crippen LogP contribution is -2.30. The molecule has 1 unspecified atom stereocenters. The number of hydrogen-bond acceptors (Lipinski definition) is 3. The van der Waals surface area contributed by atoms with Crippen LogP contribution in [0.4, 0.5) is 0 Å². The molecule has 0 aliphatic carbocycles. The Kier molecular flexibility index (Phi) is 4.01. The lowest BCUT2D eigenvalue weighted by Gasteiger charge is -2.22. The monoisotopic (exact) mass is 233 g/mol. The summed E-state index contributed by atoms with van der Waals surface area (Å²) >= 11 is 0. The van der Waals surface area contributed by atoms with Crippen LogP contribution in [-0.4, -0.2) is 30.5 Å². The van der Waals surface area contributed by atoms with Gasteiger partial charge in [0, 0.05) is 25.5 Å². The van der Waals surface area contributed by atoms with Gasteiger partial charge in [-0.3, -0.25) is 4.90 Å². The highest BCUT2D eigenvalue weighted by atomic mass is 16.3. The van der Waals surface area contributed by atoms with Crippen LogP contribution < -0.4 is 5.32 Å². The number of nitrogens with one attached hydrogen (secondary N) is 2. The lowest BCUT2D eigenvalue weighted by molar-refractivity contribution is 0.250. The molecule has 2 N–H and O–H groups in total. The maximum atomic E-state index is 5.46. The molecule has 0 saturated heterocycles. The van der Waals surface area contributed by atoms with Crippen LogP contribution in [0.2, 0.25) is 0 Å². The van der Waals surface area contributed by atoms with Crippen molar-refractivity contribution in [2.75, 3.05) is 20.6 Å². The Bertz CT molecular complexity index is 406. The van der Waals surface area contributed by atoms with Crippen LogP contribution >= 0.6 is 0 Å². The van der Waals surface area contributed by atoms with Gasteiger partial charge in [-0.15, -0.1) is 0 Å². The Balaban J connectivity index is 1.86. The number of likely N-dealkylation sites (N-methyl/N-ethyl adjacent to an activating group) is 1. The minimum atomic E-state index is 0.268. The summed E-state index contributed by atoms with van der Waals surface area (Å²) in [6, 6.07) is 6.29. The quantitative estimate of drug-likeness (QED) is 0.802. The molecule has 0 spiro atoms. The van der Waals surface area contributed by atoms with Gasteiger partial charge in [-0.05, 0) is 37.9 Å². The predicted octanol–water partition coefficient (Wildman–Crippen LogP) is 2.00. The van der Waals surface area contributed by atoms with Gasteiger partial charge in [0.1, 0.15) is 5.76 Å². The van der Waals surface area contributed by atoms with Crippen LogP contribution in [0, 0.1) is 0 Å².